The largest absolute Gasteiger partial charge is 0.368 e. The number of fused-ring (bicyclic) bond motifs is 1. The molecule has 0 N–H and O–H groups in total. The third-order valence-corrected chi connectivity index (χ3v) is 4.68. The van der Waals surface area contributed by atoms with E-state index in [2.05, 4.69) is 20.9 Å². The first-order valence-electron chi connectivity index (χ1n) is 6.48. The lowest BCUT2D eigenvalue weighted by atomic mass is 10.3. The van der Waals surface area contributed by atoms with Gasteiger partial charge in [-0.2, -0.15) is 5.26 Å². The number of nitrogens with zero attached hydrogens (tertiary/aromatic N) is 5. The van der Waals surface area contributed by atoms with Gasteiger partial charge in [-0.1, -0.05) is 0 Å². The number of allylic oxidation sites excluding steroid dienone is 1. The number of hydrogen-bond acceptors (Lipinski definition) is 5. The zero-order chi connectivity index (χ0) is 14.1. The predicted molar refractivity (Wildman–Crippen MR) is 80.7 cm³/mol. The Morgan fingerprint density at radius 3 is 3.00 bits per heavy atom. The molecule has 0 spiro atoms. The van der Waals surface area contributed by atoms with E-state index in [1.165, 1.54) is 0 Å². The Kier molecular flexibility index (Phi) is 3.36. The van der Waals surface area contributed by atoms with Crippen LogP contribution in [0.15, 0.2) is 23.4 Å². The highest BCUT2D eigenvalue weighted by molar-refractivity contribution is 8.03. The average molecular weight is 285 g/mol. The molecule has 3 rings (SSSR count). The Morgan fingerprint density at radius 1 is 1.45 bits per heavy atom. The minimum Gasteiger partial charge on any atom is -0.368 e. The topological polar surface area (TPSA) is 57.7 Å². The fourth-order valence-electron chi connectivity index (χ4n) is 2.39. The monoisotopic (exact) mass is 285 g/mol. The summed E-state index contributed by atoms with van der Waals surface area (Å²) in [6.45, 7) is 0.982. The molecule has 1 aliphatic rings. The molecule has 2 aromatic rings. The molecule has 1 fully saturated rings. The Labute approximate surface area is 121 Å². The van der Waals surface area contributed by atoms with Crippen LogP contribution in [-0.4, -0.2) is 38.8 Å². The van der Waals surface area contributed by atoms with Crippen LogP contribution in [-0.2, 0) is 7.05 Å². The van der Waals surface area contributed by atoms with Crippen molar-refractivity contribution in [2.75, 3.05) is 19.3 Å². The van der Waals surface area contributed by atoms with Gasteiger partial charge in [0.25, 0.3) is 0 Å². The van der Waals surface area contributed by atoms with Crippen molar-refractivity contribution in [2.24, 2.45) is 7.05 Å². The molecule has 20 heavy (non-hydrogen) atoms. The summed E-state index contributed by atoms with van der Waals surface area (Å²) < 4.78 is 1.89. The molecular weight excluding hydrogens is 270 g/mol. The number of nitriles is 1. The highest BCUT2D eigenvalue weighted by atomic mass is 32.2. The van der Waals surface area contributed by atoms with Gasteiger partial charge < -0.3 is 9.47 Å². The van der Waals surface area contributed by atoms with E-state index in [9.17, 15) is 5.26 Å². The summed E-state index contributed by atoms with van der Waals surface area (Å²) in [6, 6.07) is 6.11. The first kappa shape index (κ1) is 13.0. The molecule has 0 atom stereocenters. The minimum atomic E-state index is 0.637. The molecule has 0 amide bonds. The molecule has 6 heteroatoms. The van der Waals surface area contributed by atoms with Crippen molar-refractivity contribution in [3.8, 4) is 6.07 Å². The minimum absolute atomic E-state index is 0.637. The lowest BCUT2D eigenvalue weighted by Crippen LogP contribution is -2.23. The van der Waals surface area contributed by atoms with Gasteiger partial charge in [0.15, 0.2) is 11.5 Å². The molecule has 102 valence electrons. The number of pyridine rings is 1. The summed E-state index contributed by atoms with van der Waals surface area (Å²) >= 11 is 1.73. The summed E-state index contributed by atoms with van der Waals surface area (Å²) in [5, 5.41) is 10.6. The van der Waals surface area contributed by atoms with Gasteiger partial charge in [-0.05, 0) is 18.6 Å². The Hall–Kier alpha value is -2.00. The van der Waals surface area contributed by atoms with Gasteiger partial charge in [0, 0.05) is 32.6 Å². The van der Waals surface area contributed by atoms with Gasteiger partial charge in [-0.25, -0.2) is 9.97 Å². The molecule has 1 aliphatic heterocycles. The van der Waals surface area contributed by atoms with Gasteiger partial charge in [-0.3, -0.25) is 0 Å². The Bertz CT molecular complexity index is 725. The summed E-state index contributed by atoms with van der Waals surface area (Å²) in [7, 11) is 3.93. The predicted octanol–water partition coefficient (Wildman–Crippen LogP) is 2.23. The molecule has 0 saturated carbocycles. The van der Waals surface area contributed by atoms with Crippen molar-refractivity contribution in [3.05, 3.63) is 29.2 Å². The van der Waals surface area contributed by atoms with E-state index in [0.29, 0.717) is 11.4 Å². The van der Waals surface area contributed by atoms with E-state index in [-0.39, 0.29) is 0 Å². The SMILES string of the molecule is CN1CCCS/C1=C(/C#N)c1nc2cccnc2n1C. The van der Waals surface area contributed by atoms with Crippen LogP contribution in [0.2, 0.25) is 0 Å². The van der Waals surface area contributed by atoms with Crippen molar-refractivity contribution in [1.82, 2.24) is 19.4 Å². The first-order valence-corrected chi connectivity index (χ1v) is 7.47. The molecule has 0 unspecified atom stereocenters. The lowest BCUT2D eigenvalue weighted by molar-refractivity contribution is 0.438. The van der Waals surface area contributed by atoms with Crippen LogP contribution in [0.25, 0.3) is 16.7 Å². The van der Waals surface area contributed by atoms with Crippen LogP contribution >= 0.6 is 11.8 Å². The Morgan fingerprint density at radius 2 is 2.30 bits per heavy atom. The second-order valence-electron chi connectivity index (χ2n) is 4.76. The first-order chi connectivity index (χ1) is 9.72. The van der Waals surface area contributed by atoms with Crippen LogP contribution in [0.5, 0.6) is 0 Å². The molecule has 0 aliphatic carbocycles. The summed E-state index contributed by atoms with van der Waals surface area (Å²) in [4.78, 5) is 11.0. The lowest BCUT2D eigenvalue weighted by Gasteiger charge is -2.27. The van der Waals surface area contributed by atoms with Gasteiger partial charge in [0.05, 0.1) is 5.03 Å². The molecule has 1 saturated heterocycles. The third kappa shape index (κ3) is 2.04. The smallest absolute Gasteiger partial charge is 0.160 e. The van der Waals surface area contributed by atoms with Crippen molar-refractivity contribution >= 4 is 28.5 Å². The maximum Gasteiger partial charge on any atom is 0.160 e. The van der Waals surface area contributed by atoms with E-state index < -0.39 is 0 Å². The van der Waals surface area contributed by atoms with E-state index in [0.717, 1.165) is 34.9 Å². The number of thioether (sulfide) groups is 1. The van der Waals surface area contributed by atoms with E-state index in [1.54, 1.807) is 18.0 Å². The molecule has 0 bridgehead atoms. The van der Waals surface area contributed by atoms with Crippen LogP contribution in [0.4, 0.5) is 0 Å². The fraction of sp³-hybridized carbons (Fsp3) is 0.357. The van der Waals surface area contributed by atoms with Crippen LogP contribution in [0.1, 0.15) is 12.2 Å². The molecule has 5 nitrogen and oxygen atoms in total. The summed E-state index contributed by atoms with van der Waals surface area (Å²) in [5.74, 6) is 1.74. The maximum atomic E-state index is 9.58. The van der Waals surface area contributed by atoms with Crippen molar-refractivity contribution in [1.29, 1.82) is 5.26 Å². The van der Waals surface area contributed by atoms with Gasteiger partial charge in [0.1, 0.15) is 17.2 Å². The standard InChI is InChI=1S/C14H15N5S/c1-18-7-4-8-20-14(18)10(9-15)12-17-11-5-3-6-16-13(11)19(12)2/h3,5-6H,4,7-8H2,1-2H3/b14-10-. The number of imidazole rings is 1. The summed E-state index contributed by atoms with van der Waals surface area (Å²) in [5.41, 5.74) is 2.26. The summed E-state index contributed by atoms with van der Waals surface area (Å²) in [6.07, 6.45) is 2.89. The van der Waals surface area contributed by atoms with E-state index >= 15 is 0 Å². The molecule has 3 heterocycles. The van der Waals surface area contributed by atoms with Gasteiger partial charge in [-0.15, -0.1) is 11.8 Å². The number of hydrogen-bond donors (Lipinski definition) is 0. The van der Waals surface area contributed by atoms with Gasteiger partial charge >= 0.3 is 0 Å². The highest BCUT2D eigenvalue weighted by Gasteiger charge is 2.22. The zero-order valence-corrected chi connectivity index (χ0v) is 12.3. The zero-order valence-electron chi connectivity index (χ0n) is 11.5. The van der Waals surface area contributed by atoms with Crippen LogP contribution in [0.3, 0.4) is 0 Å². The molecular formula is C14H15N5S. The third-order valence-electron chi connectivity index (χ3n) is 3.40. The van der Waals surface area contributed by atoms with Crippen molar-refractivity contribution < 1.29 is 0 Å². The van der Waals surface area contributed by atoms with E-state index in [1.807, 2.05) is 30.8 Å². The van der Waals surface area contributed by atoms with E-state index in [4.69, 9.17) is 0 Å². The molecule has 2 aromatic heterocycles. The van der Waals surface area contributed by atoms with Gasteiger partial charge in [0.2, 0.25) is 0 Å². The Balaban J connectivity index is 2.19. The van der Waals surface area contributed by atoms with Crippen LogP contribution < -0.4 is 0 Å². The molecule has 0 aromatic carbocycles. The average Bonchev–Trinajstić information content (AvgIpc) is 2.80. The number of aryl methyl sites for hydroxylation is 1. The van der Waals surface area contributed by atoms with Crippen molar-refractivity contribution in [2.45, 2.75) is 6.42 Å². The fourth-order valence-corrected chi connectivity index (χ4v) is 3.45. The van der Waals surface area contributed by atoms with Crippen molar-refractivity contribution in [3.63, 3.8) is 0 Å². The molecule has 0 radical (unpaired) electrons. The number of aromatic nitrogens is 3. The highest BCUT2D eigenvalue weighted by Crippen LogP contribution is 2.32. The second-order valence-corrected chi connectivity index (χ2v) is 5.84. The quantitative estimate of drug-likeness (QED) is 0.752. The second kappa shape index (κ2) is 5.17. The number of rotatable bonds is 1. The maximum absolute atomic E-state index is 9.58. The van der Waals surface area contributed by atoms with Crippen LogP contribution in [0, 0.1) is 11.3 Å². The normalized spacial score (nSPS) is 18.1.